The molecule has 2 aliphatic heterocycles. The van der Waals surface area contributed by atoms with Crippen molar-refractivity contribution in [2.75, 3.05) is 18.6 Å². The molecule has 0 radical (unpaired) electrons. The molecule has 10 heteroatoms. The van der Waals surface area contributed by atoms with Crippen LogP contribution in [0.2, 0.25) is 5.02 Å². The summed E-state index contributed by atoms with van der Waals surface area (Å²) in [5.41, 5.74) is -0.381. The minimum atomic E-state index is -0.866. The lowest BCUT2D eigenvalue weighted by Crippen LogP contribution is -2.62. The number of hydrogen-bond donors (Lipinski definition) is 2. The number of rotatable bonds is 3. The highest BCUT2D eigenvalue weighted by atomic mass is 127. The standard InChI is InChI=1S/C21H22ClIN4O4/c1-11-6-7-26-15(8-11)25(2)21(31)17-19(29)18(28)13(10-27(17)26)20(30)24-9-12-4-3-5-14(22)16(12)23/h3-5,10-11,15,29H,6-9H2,1-2H3,(H,24,30)/t11-,15+/m1/s1. The minimum absolute atomic E-state index is 0.112. The number of piperidine rings is 1. The number of carbonyl (C=O) groups excluding carboxylic acids is 2. The van der Waals surface area contributed by atoms with Crippen molar-refractivity contribution in [3.63, 3.8) is 0 Å². The van der Waals surface area contributed by atoms with Crippen LogP contribution in [0, 0.1) is 9.49 Å². The molecule has 1 aromatic carbocycles. The van der Waals surface area contributed by atoms with Crippen LogP contribution in [0.1, 0.15) is 46.2 Å². The van der Waals surface area contributed by atoms with Crippen molar-refractivity contribution >= 4 is 46.0 Å². The Morgan fingerprint density at radius 2 is 2.10 bits per heavy atom. The average molecular weight is 557 g/mol. The van der Waals surface area contributed by atoms with Gasteiger partial charge in [-0.05, 0) is 53.0 Å². The van der Waals surface area contributed by atoms with Gasteiger partial charge in [-0.2, -0.15) is 0 Å². The first-order valence-electron chi connectivity index (χ1n) is 9.94. The second-order valence-corrected chi connectivity index (χ2v) is 9.48. The van der Waals surface area contributed by atoms with Crippen molar-refractivity contribution in [2.45, 2.75) is 32.5 Å². The van der Waals surface area contributed by atoms with Gasteiger partial charge in [0.2, 0.25) is 5.43 Å². The van der Waals surface area contributed by atoms with E-state index in [-0.39, 0.29) is 24.0 Å². The van der Waals surface area contributed by atoms with E-state index in [4.69, 9.17) is 11.6 Å². The van der Waals surface area contributed by atoms with Crippen LogP contribution < -0.4 is 15.8 Å². The largest absolute Gasteiger partial charge is 0.502 e. The molecule has 2 amide bonds. The molecule has 164 valence electrons. The van der Waals surface area contributed by atoms with Crippen LogP contribution in [0.5, 0.6) is 5.75 Å². The normalized spacial score (nSPS) is 20.3. The SMILES string of the molecule is C[C@@H]1CCN2[C@@H](C1)N(C)C(=O)c1c(O)c(=O)c(C(=O)NCc3cccc(Cl)c3I)cn12. The lowest BCUT2D eigenvalue weighted by Gasteiger charge is -2.49. The monoisotopic (exact) mass is 556 g/mol. The molecule has 4 rings (SSSR count). The maximum Gasteiger partial charge on any atom is 0.277 e. The molecule has 1 fully saturated rings. The Labute approximate surface area is 197 Å². The van der Waals surface area contributed by atoms with E-state index in [2.05, 4.69) is 34.8 Å². The number of carbonyl (C=O) groups is 2. The highest BCUT2D eigenvalue weighted by Crippen LogP contribution is 2.31. The van der Waals surface area contributed by atoms with Gasteiger partial charge in [0.1, 0.15) is 11.7 Å². The van der Waals surface area contributed by atoms with Gasteiger partial charge in [0.15, 0.2) is 11.4 Å². The van der Waals surface area contributed by atoms with E-state index in [1.807, 2.05) is 11.1 Å². The second-order valence-electron chi connectivity index (χ2n) is 8.00. The van der Waals surface area contributed by atoms with Crippen LogP contribution >= 0.6 is 34.2 Å². The van der Waals surface area contributed by atoms with Crippen LogP contribution in [0.15, 0.2) is 29.2 Å². The summed E-state index contributed by atoms with van der Waals surface area (Å²) >= 11 is 8.22. The Hall–Kier alpha value is -2.27. The van der Waals surface area contributed by atoms with Crippen LogP contribution in [-0.4, -0.2) is 46.3 Å². The van der Waals surface area contributed by atoms with Gasteiger partial charge >= 0.3 is 0 Å². The Bertz CT molecular complexity index is 1140. The Morgan fingerprint density at radius 1 is 1.35 bits per heavy atom. The molecular weight excluding hydrogens is 535 g/mol. The maximum absolute atomic E-state index is 12.9. The molecule has 3 heterocycles. The zero-order chi connectivity index (χ0) is 22.4. The molecule has 2 aromatic rings. The van der Waals surface area contributed by atoms with Crippen molar-refractivity contribution in [1.29, 1.82) is 0 Å². The van der Waals surface area contributed by atoms with Gasteiger partial charge in [-0.15, -0.1) is 0 Å². The van der Waals surface area contributed by atoms with E-state index < -0.39 is 23.0 Å². The number of aromatic nitrogens is 1. The van der Waals surface area contributed by atoms with Crippen LogP contribution in [0.4, 0.5) is 0 Å². The fourth-order valence-electron chi connectivity index (χ4n) is 4.12. The molecule has 0 aliphatic carbocycles. The van der Waals surface area contributed by atoms with Crippen LogP contribution in [-0.2, 0) is 6.54 Å². The maximum atomic E-state index is 12.9. The van der Waals surface area contributed by atoms with Gasteiger partial charge in [-0.25, -0.2) is 0 Å². The molecule has 0 unspecified atom stereocenters. The zero-order valence-electron chi connectivity index (χ0n) is 17.1. The predicted octanol–water partition coefficient (Wildman–Crippen LogP) is 2.52. The summed E-state index contributed by atoms with van der Waals surface area (Å²) in [7, 11) is 1.67. The highest BCUT2D eigenvalue weighted by Gasteiger charge is 2.41. The van der Waals surface area contributed by atoms with Crippen molar-refractivity contribution in [3.8, 4) is 5.75 Å². The van der Waals surface area contributed by atoms with Gasteiger partial charge in [0.25, 0.3) is 11.8 Å². The fourth-order valence-corrected chi connectivity index (χ4v) is 4.87. The number of nitrogens with one attached hydrogen (secondary N) is 1. The lowest BCUT2D eigenvalue weighted by atomic mass is 9.96. The number of nitrogens with zero attached hydrogens (tertiary/aromatic N) is 3. The Kier molecular flexibility index (Phi) is 5.91. The smallest absolute Gasteiger partial charge is 0.277 e. The number of hydrogen-bond acceptors (Lipinski definition) is 5. The number of halogens is 2. The van der Waals surface area contributed by atoms with E-state index in [1.165, 1.54) is 10.9 Å². The summed E-state index contributed by atoms with van der Waals surface area (Å²) in [4.78, 5) is 40.0. The summed E-state index contributed by atoms with van der Waals surface area (Å²) in [5.74, 6) is -1.34. The first kappa shape index (κ1) is 21.9. The average Bonchev–Trinajstić information content (AvgIpc) is 2.74. The number of amides is 2. The van der Waals surface area contributed by atoms with Crippen molar-refractivity contribution in [2.24, 2.45) is 5.92 Å². The summed E-state index contributed by atoms with van der Waals surface area (Å²) in [6, 6.07) is 5.37. The van der Waals surface area contributed by atoms with Crippen molar-refractivity contribution in [3.05, 3.63) is 60.0 Å². The van der Waals surface area contributed by atoms with Gasteiger partial charge in [-0.1, -0.05) is 30.7 Å². The molecule has 2 N–H and O–H groups in total. The molecule has 31 heavy (non-hydrogen) atoms. The lowest BCUT2D eigenvalue weighted by molar-refractivity contribution is 0.0557. The number of benzene rings is 1. The van der Waals surface area contributed by atoms with Gasteiger partial charge in [-0.3, -0.25) is 24.1 Å². The summed E-state index contributed by atoms with van der Waals surface area (Å²) in [6.07, 6.45) is 2.83. The third-order valence-electron chi connectivity index (χ3n) is 5.94. The van der Waals surface area contributed by atoms with E-state index in [0.717, 1.165) is 22.0 Å². The van der Waals surface area contributed by atoms with Gasteiger partial charge in [0, 0.05) is 29.9 Å². The first-order valence-corrected chi connectivity index (χ1v) is 11.4. The fraction of sp³-hybridized carbons (Fsp3) is 0.381. The van der Waals surface area contributed by atoms with E-state index in [0.29, 0.717) is 17.5 Å². The molecule has 1 saturated heterocycles. The molecule has 0 saturated carbocycles. The summed E-state index contributed by atoms with van der Waals surface area (Å²) in [5, 5.41) is 15.8. The van der Waals surface area contributed by atoms with Gasteiger partial charge < -0.3 is 15.3 Å². The molecule has 2 atom stereocenters. The third-order valence-corrected chi connectivity index (χ3v) is 7.84. The first-order chi connectivity index (χ1) is 14.7. The topological polar surface area (TPSA) is 94.9 Å². The quantitative estimate of drug-likeness (QED) is 0.567. The minimum Gasteiger partial charge on any atom is -0.502 e. The molecular formula is C21H22ClIN4O4. The molecule has 1 aromatic heterocycles. The van der Waals surface area contributed by atoms with Crippen molar-refractivity contribution < 1.29 is 14.7 Å². The molecule has 0 bridgehead atoms. The molecule has 2 aliphatic rings. The Morgan fingerprint density at radius 3 is 2.84 bits per heavy atom. The van der Waals surface area contributed by atoms with E-state index >= 15 is 0 Å². The number of aromatic hydroxyl groups is 1. The molecule has 0 spiro atoms. The Balaban J connectivity index is 1.69. The van der Waals surface area contributed by atoms with E-state index in [1.54, 1.807) is 24.1 Å². The van der Waals surface area contributed by atoms with Crippen LogP contribution in [0.25, 0.3) is 0 Å². The summed E-state index contributed by atoms with van der Waals surface area (Å²) in [6.45, 7) is 2.94. The zero-order valence-corrected chi connectivity index (χ0v) is 20.0. The highest BCUT2D eigenvalue weighted by molar-refractivity contribution is 14.1. The van der Waals surface area contributed by atoms with Crippen molar-refractivity contribution in [1.82, 2.24) is 14.9 Å². The van der Waals surface area contributed by atoms with Gasteiger partial charge in [0.05, 0.1) is 5.02 Å². The van der Waals surface area contributed by atoms with Crippen LogP contribution in [0.3, 0.4) is 0 Å². The second kappa shape index (κ2) is 8.34. The molecule has 8 nitrogen and oxygen atoms in total. The van der Waals surface area contributed by atoms with E-state index in [9.17, 15) is 19.5 Å². The number of fused-ring (bicyclic) bond motifs is 3. The summed E-state index contributed by atoms with van der Waals surface area (Å²) < 4.78 is 2.29. The third kappa shape index (κ3) is 3.78. The predicted molar refractivity (Wildman–Crippen MR) is 125 cm³/mol. The number of pyridine rings is 1.